The zero-order valence-corrected chi connectivity index (χ0v) is 39.0. The summed E-state index contributed by atoms with van der Waals surface area (Å²) in [7, 11) is -7.35. The second-order valence-corrected chi connectivity index (χ2v) is 19.2. The number of fused-ring (bicyclic) bond motifs is 1. The van der Waals surface area contributed by atoms with Gasteiger partial charge in [-0.25, -0.2) is 16.8 Å². The largest absolute Gasteiger partial charge is 0.489 e. The Morgan fingerprint density at radius 3 is 1.55 bits per heavy atom. The molecule has 0 radical (unpaired) electrons. The lowest BCUT2D eigenvalue weighted by atomic mass is 10.1. The van der Waals surface area contributed by atoms with Gasteiger partial charge >= 0.3 is 0 Å². The molecule has 18 heteroatoms. The Morgan fingerprint density at radius 2 is 1.06 bits per heavy atom. The van der Waals surface area contributed by atoms with Crippen LogP contribution in [0.4, 0.5) is 11.4 Å². The summed E-state index contributed by atoms with van der Waals surface area (Å²) in [5, 5.41) is 27.2. The second kappa shape index (κ2) is 24.5. The molecule has 340 valence electrons. The minimum Gasteiger partial charge on any atom is -0.489 e. The summed E-state index contributed by atoms with van der Waals surface area (Å²) in [6.45, 7) is 2.52. The van der Waals surface area contributed by atoms with Crippen LogP contribution in [0.5, 0.6) is 11.5 Å². The average Bonchev–Trinajstić information content (AvgIpc) is 3.32. The number of nitrogens with zero attached hydrogens (tertiary/aromatic N) is 3. The molecule has 7 aromatic rings. The van der Waals surface area contributed by atoms with Crippen molar-refractivity contribution in [3.63, 3.8) is 0 Å². The number of nitrogens with one attached hydrogen (secondary N) is 4. The molecule has 65 heavy (non-hydrogen) atoms. The van der Waals surface area contributed by atoms with E-state index >= 15 is 0 Å². The molecule has 0 aliphatic heterocycles. The monoisotopic (exact) mass is 1030 g/mol. The molecule has 0 fully saturated rings. The van der Waals surface area contributed by atoms with Crippen LogP contribution in [0.2, 0.25) is 0 Å². The van der Waals surface area contributed by atoms with Crippen LogP contribution < -0.4 is 29.6 Å². The first-order valence-corrected chi connectivity index (χ1v) is 24.6. The van der Waals surface area contributed by atoms with Crippen molar-refractivity contribution in [1.29, 1.82) is 0 Å². The second-order valence-electron chi connectivity index (χ2n) is 14.6. The van der Waals surface area contributed by atoms with Crippen molar-refractivity contribution in [2.24, 2.45) is 0 Å². The molecule has 0 saturated heterocycles. The number of pyridine rings is 3. The number of aromatic nitrogens is 3. The van der Waals surface area contributed by atoms with Crippen molar-refractivity contribution in [3.8, 4) is 11.5 Å². The molecule has 0 aliphatic rings. The van der Waals surface area contributed by atoms with Gasteiger partial charge in [0.1, 0.15) is 41.8 Å². The molecule has 3 heterocycles. The van der Waals surface area contributed by atoms with Gasteiger partial charge < -0.3 is 30.3 Å². The molecular weight excluding hydrogens is 982 g/mol. The maximum atomic E-state index is 12.8. The van der Waals surface area contributed by atoms with Crippen molar-refractivity contribution in [3.05, 3.63) is 173 Å². The van der Waals surface area contributed by atoms with Gasteiger partial charge in [0.15, 0.2) is 0 Å². The number of ether oxygens (including phenoxy) is 2. The summed E-state index contributed by atoms with van der Waals surface area (Å²) in [4.78, 5) is 12.5. The fourth-order valence-corrected chi connectivity index (χ4v) is 8.55. The molecule has 6 N–H and O–H groups in total. The number of rotatable bonds is 22. The smallest absolute Gasteiger partial charge is 0.263 e. The normalized spacial score (nSPS) is 12.4. The molecule has 7 rings (SSSR count). The van der Waals surface area contributed by atoms with Crippen molar-refractivity contribution >= 4 is 64.9 Å². The van der Waals surface area contributed by atoms with Crippen LogP contribution >= 0.6 is 22.6 Å². The number of benzene rings is 4. The third kappa shape index (κ3) is 16.3. The van der Waals surface area contributed by atoms with E-state index in [2.05, 4.69) is 57.6 Å². The third-order valence-corrected chi connectivity index (χ3v) is 13.0. The first-order chi connectivity index (χ1) is 31.4. The minimum absolute atomic E-state index is 0.116. The molecular formula is C47H50IN7O8S2. The summed E-state index contributed by atoms with van der Waals surface area (Å²) in [5.74, 6) is 1.24. The molecule has 2 atom stereocenters. The van der Waals surface area contributed by atoms with Crippen molar-refractivity contribution in [1.82, 2.24) is 25.6 Å². The average molecular weight is 1030 g/mol. The molecule has 0 aliphatic carbocycles. The summed E-state index contributed by atoms with van der Waals surface area (Å²) in [6, 6.07) is 37.3. The molecule has 15 nitrogen and oxygen atoms in total. The molecule has 0 amide bonds. The molecule has 0 bridgehead atoms. The van der Waals surface area contributed by atoms with Crippen LogP contribution in [-0.4, -0.2) is 93.6 Å². The number of anilines is 2. The van der Waals surface area contributed by atoms with Crippen LogP contribution in [0.25, 0.3) is 10.9 Å². The molecule has 0 saturated carbocycles. The number of hydrogen-bond acceptors (Lipinski definition) is 13. The van der Waals surface area contributed by atoms with E-state index in [-0.39, 0.29) is 23.0 Å². The summed E-state index contributed by atoms with van der Waals surface area (Å²) in [6.07, 6.45) is 8.11. The standard InChI is InChI=1S/C25H26N4O4S.C22H24IN3O4S/c30-22(18-33-23-5-3-12-26-16-23)15-27-13-11-19-7-9-21(10-8-19)29-34(31,32)24-14-20-4-1-2-6-25(20)28-17-24;23-18-5-9-22(10-6-18)31(28,29)26-19-7-3-17(4-8-19)11-13-25-14-20(27)16-30-21-2-1-12-24-15-21/h1-10,12,14,16-17,22,27,29-30H,11,13,15,18H2;1-10,12,15,20,25-27H,11,13-14,16H2. The maximum absolute atomic E-state index is 12.8. The van der Waals surface area contributed by atoms with E-state index in [1.54, 1.807) is 104 Å². The predicted molar refractivity (Wildman–Crippen MR) is 260 cm³/mol. The van der Waals surface area contributed by atoms with E-state index in [9.17, 15) is 27.0 Å². The van der Waals surface area contributed by atoms with Crippen LogP contribution in [-0.2, 0) is 32.9 Å². The summed E-state index contributed by atoms with van der Waals surface area (Å²) < 4.78 is 67.5. The van der Waals surface area contributed by atoms with Crippen LogP contribution in [0.15, 0.2) is 168 Å². The molecule has 4 aromatic carbocycles. The lowest BCUT2D eigenvalue weighted by Gasteiger charge is -2.13. The number of halogens is 1. The van der Waals surface area contributed by atoms with Gasteiger partial charge in [-0.05, 0) is 145 Å². The van der Waals surface area contributed by atoms with Gasteiger partial charge in [-0.3, -0.25) is 24.4 Å². The Kier molecular flexibility index (Phi) is 18.4. The van der Waals surface area contributed by atoms with E-state index < -0.39 is 32.3 Å². The van der Waals surface area contributed by atoms with E-state index in [4.69, 9.17) is 9.47 Å². The summed E-state index contributed by atoms with van der Waals surface area (Å²) in [5.41, 5.74) is 3.84. The van der Waals surface area contributed by atoms with Gasteiger partial charge in [-0.2, -0.15) is 0 Å². The number of hydrogen-bond donors (Lipinski definition) is 6. The molecule has 0 spiro atoms. The zero-order valence-electron chi connectivity index (χ0n) is 35.2. The quantitative estimate of drug-likeness (QED) is 0.0337. The Morgan fingerprint density at radius 1 is 0.569 bits per heavy atom. The Hall–Kier alpha value is -5.74. The topological polar surface area (TPSA) is 214 Å². The lowest BCUT2D eigenvalue weighted by molar-refractivity contribution is 0.106. The maximum Gasteiger partial charge on any atom is 0.263 e. The van der Waals surface area contributed by atoms with E-state index in [0.717, 1.165) is 38.4 Å². The van der Waals surface area contributed by atoms with Gasteiger partial charge in [0.2, 0.25) is 0 Å². The Labute approximate surface area is 393 Å². The minimum atomic E-state index is -3.74. The Balaban J connectivity index is 0.000000216. The lowest BCUT2D eigenvalue weighted by Crippen LogP contribution is -2.32. The fourth-order valence-electron chi connectivity index (χ4n) is 6.09. The van der Waals surface area contributed by atoms with Crippen LogP contribution in [0.1, 0.15) is 11.1 Å². The van der Waals surface area contributed by atoms with Gasteiger partial charge in [0.05, 0.1) is 22.8 Å². The van der Waals surface area contributed by atoms with Gasteiger partial charge in [0, 0.05) is 52.0 Å². The van der Waals surface area contributed by atoms with Crippen LogP contribution in [0, 0.1) is 3.57 Å². The van der Waals surface area contributed by atoms with Crippen molar-refractivity contribution in [2.45, 2.75) is 34.8 Å². The van der Waals surface area contributed by atoms with Crippen LogP contribution in [0.3, 0.4) is 0 Å². The Bertz CT molecular complexity index is 2740. The fraction of sp³-hybridized carbons (Fsp3) is 0.213. The SMILES string of the molecule is O=S(=O)(Nc1ccc(CCNCC(O)COc2cccnc2)cc1)c1ccc(I)cc1.O=S(=O)(Nc1ccc(CCNCC(O)COc2cccnc2)cc1)c1cnc2ccccc2c1. The first-order valence-electron chi connectivity index (χ1n) is 20.6. The third-order valence-electron chi connectivity index (χ3n) is 9.51. The van der Waals surface area contributed by atoms with E-state index in [1.807, 2.05) is 48.5 Å². The molecule has 2 unspecified atom stereocenters. The summed E-state index contributed by atoms with van der Waals surface area (Å²) >= 11 is 2.13. The highest BCUT2D eigenvalue weighted by Crippen LogP contribution is 2.21. The highest BCUT2D eigenvalue weighted by atomic mass is 127. The van der Waals surface area contributed by atoms with Gasteiger partial charge in [-0.15, -0.1) is 0 Å². The first kappa shape index (κ1) is 48.7. The number of aliphatic hydroxyl groups excluding tert-OH is 2. The zero-order chi connectivity index (χ0) is 45.9. The number of para-hydroxylation sites is 1. The highest BCUT2D eigenvalue weighted by Gasteiger charge is 2.16. The van der Waals surface area contributed by atoms with E-state index in [1.165, 1.54) is 6.20 Å². The number of aliphatic hydroxyl groups is 2. The van der Waals surface area contributed by atoms with Gasteiger partial charge in [0.25, 0.3) is 20.0 Å². The predicted octanol–water partition coefficient (Wildman–Crippen LogP) is 6.06. The number of sulfonamides is 2. The van der Waals surface area contributed by atoms with Gasteiger partial charge in [-0.1, -0.05) is 42.5 Å². The van der Waals surface area contributed by atoms with E-state index in [0.29, 0.717) is 49.1 Å². The molecule has 3 aromatic heterocycles. The van der Waals surface area contributed by atoms with Crippen molar-refractivity contribution < 1.29 is 36.5 Å². The highest BCUT2D eigenvalue weighted by molar-refractivity contribution is 14.1. The van der Waals surface area contributed by atoms with Crippen molar-refractivity contribution in [2.75, 3.05) is 48.8 Å².